The molecule has 2 heterocycles. The molecule has 1 atom stereocenters. The average Bonchev–Trinajstić information content (AvgIpc) is 3.36. The number of carbonyl (C=O) groups excluding carboxylic acids is 1. The number of aromatic hydroxyl groups is 1. The summed E-state index contributed by atoms with van der Waals surface area (Å²) in [6.45, 7) is 7.21. The van der Waals surface area contributed by atoms with Crippen molar-refractivity contribution in [3.05, 3.63) is 58.7 Å². The van der Waals surface area contributed by atoms with E-state index in [1.807, 2.05) is 49.9 Å². The van der Waals surface area contributed by atoms with Gasteiger partial charge in [-0.15, -0.1) is 0 Å². The van der Waals surface area contributed by atoms with Crippen molar-refractivity contribution in [2.75, 3.05) is 31.1 Å². The molecule has 0 bridgehead atoms. The van der Waals surface area contributed by atoms with Crippen molar-refractivity contribution in [3.63, 3.8) is 0 Å². The van der Waals surface area contributed by atoms with Gasteiger partial charge in [0.2, 0.25) is 0 Å². The summed E-state index contributed by atoms with van der Waals surface area (Å²) < 4.78 is 5.44. The number of hydrogen-bond acceptors (Lipinski definition) is 6. The molecule has 0 spiro atoms. The number of nitrogens with one attached hydrogen (secondary N) is 1. The van der Waals surface area contributed by atoms with Gasteiger partial charge in [-0.05, 0) is 29.5 Å². The number of ether oxygens (including phenoxy) is 1. The van der Waals surface area contributed by atoms with Crippen LogP contribution in [0.4, 0.5) is 5.69 Å². The number of aliphatic carboxylic acids is 1. The molecule has 2 aliphatic heterocycles. The monoisotopic (exact) mass is 465 g/mol. The number of ketones is 1. The quantitative estimate of drug-likeness (QED) is 0.537. The molecule has 1 unspecified atom stereocenters. The van der Waals surface area contributed by atoms with Crippen LogP contribution in [0.5, 0.6) is 5.75 Å². The van der Waals surface area contributed by atoms with E-state index >= 15 is 0 Å². The second-order valence-corrected chi connectivity index (χ2v) is 9.99. The second-order valence-electron chi connectivity index (χ2n) is 9.99. The molecule has 180 valence electrons. The van der Waals surface area contributed by atoms with E-state index in [2.05, 4.69) is 0 Å². The van der Waals surface area contributed by atoms with Crippen molar-refractivity contribution in [2.45, 2.75) is 45.3 Å². The number of anilines is 1. The first-order valence-corrected chi connectivity index (χ1v) is 11.5. The van der Waals surface area contributed by atoms with Gasteiger partial charge < -0.3 is 24.7 Å². The lowest BCUT2D eigenvalue weighted by atomic mass is 9.84. The molecule has 8 heteroatoms. The van der Waals surface area contributed by atoms with Crippen LogP contribution in [0.3, 0.4) is 0 Å². The van der Waals surface area contributed by atoms with Crippen LogP contribution in [0.2, 0.25) is 0 Å². The molecule has 4 rings (SSSR count). The first-order valence-electron chi connectivity index (χ1n) is 11.5. The number of nitrogens with zero attached hydrogens (tertiary/aromatic N) is 2. The van der Waals surface area contributed by atoms with Gasteiger partial charge in [0, 0.05) is 36.3 Å². The second kappa shape index (κ2) is 9.10. The molecule has 2 aliphatic rings. The summed E-state index contributed by atoms with van der Waals surface area (Å²) in [5.41, 5.74) is 3.19. The van der Waals surface area contributed by atoms with E-state index in [0.717, 1.165) is 11.1 Å². The standard InChI is InChI=1S/C26H31N3O5/c1-26(2,3)20-10-17(22(30)14-29-12-16-6-4-5-7-19(16)25(29)27)11-21(24(20)33)28-9-8-18(13-28)34-15-23(31)32/h4-7,10-11,18,27,33H,8-9,12-15H2,1-3H3,(H,31,32). The van der Waals surface area contributed by atoms with Crippen LogP contribution in [-0.4, -0.2) is 65.0 Å². The molecule has 8 nitrogen and oxygen atoms in total. The van der Waals surface area contributed by atoms with Gasteiger partial charge in [-0.3, -0.25) is 10.2 Å². The minimum Gasteiger partial charge on any atom is -0.505 e. The Bertz CT molecular complexity index is 1140. The fourth-order valence-electron chi connectivity index (χ4n) is 4.61. The fraction of sp³-hybridized carbons (Fsp3) is 0.423. The fourth-order valence-corrected chi connectivity index (χ4v) is 4.61. The van der Waals surface area contributed by atoms with E-state index in [1.54, 1.807) is 17.0 Å². The van der Waals surface area contributed by atoms with E-state index in [1.165, 1.54) is 0 Å². The van der Waals surface area contributed by atoms with Crippen LogP contribution in [-0.2, 0) is 21.5 Å². The van der Waals surface area contributed by atoms with Crippen molar-refractivity contribution in [1.29, 1.82) is 5.41 Å². The van der Waals surface area contributed by atoms with E-state index in [9.17, 15) is 14.7 Å². The molecule has 2 aromatic carbocycles. The number of phenols is 1. The maximum atomic E-state index is 13.4. The van der Waals surface area contributed by atoms with Crippen molar-refractivity contribution in [1.82, 2.24) is 4.90 Å². The minimum absolute atomic E-state index is 0.0751. The van der Waals surface area contributed by atoms with Crippen molar-refractivity contribution in [3.8, 4) is 5.75 Å². The van der Waals surface area contributed by atoms with Crippen molar-refractivity contribution < 1.29 is 24.5 Å². The highest BCUT2D eigenvalue weighted by Crippen LogP contribution is 2.40. The number of Topliss-reactive ketones (excluding diaryl/α,β-unsaturated/α-hetero) is 1. The van der Waals surface area contributed by atoms with Gasteiger partial charge >= 0.3 is 5.97 Å². The third kappa shape index (κ3) is 4.77. The summed E-state index contributed by atoms with van der Waals surface area (Å²) in [7, 11) is 0. The average molecular weight is 466 g/mol. The Morgan fingerprint density at radius 3 is 2.62 bits per heavy atom. The molecule has 0 aromatic heterocycles. The summed E-state index contributed by atoms with van der Waals surface area (Å²) in [6.07, 6.45) is 0.385. The van der Waals surface area contributed by atoms with Crippen molar-refractivity contribution >= 4 is 23.3 Å². The van der Waals surface area contributed by atoms with Crippen LogP contribution in [0.15, 0.2) is 36.4 Å². The summed E-state index contributed by atoms with van der Waals surface area (Å²) in [4.78, 5) is 27.9. The zero-order valence-corrected chi connectivity index (χ0v) is 19.8. The number of fused-ring (bicyclic) bond motifs is 1. The lowest BCUT2D eigenvalue weighted by molar-refractivity contribution is -0.143. The maximum absolute atomic E-state index is 13.4. The number of carboxylic acid groups (broad SMARTS) is 1. The Morgan fingerprint density at radius 1 is 1.21 bits per heavy atom. The van der Waals surface area contributed by atoms with Gasteiger partial charge in [0.25, 0.3) is 0 Å². The lowest BCUT2D eigenvalue weighted by Crippen LogP contribution is -2.31. The van der Waals surface area contributed by atoms with Gasteiger partial charge in [-0.2, -0.15) is 0 Å². The summed E-state index contributed by atoms with van der Waals surface area (Å²) >= 11 is 0. The predicted molar refractivity (Wildman–Crippen MR) is 129 cm³/mol. The first-order chi connectivity index (χ1) is 16.0. The van der Waals surface area contributed by atoms with Gasteiger partial charge in [-0.1, -0.05) is 45.0 Å². The highest BCUT2D eigenvalue weighted by molar-refractivity contribution is 6.05. The summed E-state index contributed by atoms with van der Waals surface area (Å²) in [5.74, 6) is -0.665. The SMILES string of the molecule is CC(C)(C)c1cc(C(=O)CN2Cc3ccccc3C2=N)cc(N2CCC(OCC(=O)O)C2)c1O. The van der Waals surface area contributed by atoms with Crippen LogP contribution >= 0.6 is 0 Å². The van der Waals surface area contributed by atoms with Crippen LogP contribution in [0.1, 0.15) is 54.2 Å². The van der Waals surface area contributed by atoms with E-state index in [-0.39, 0.29) is 30.8 Å². The van der Waals surface area contributed by atoms with E-state index in [4.69, 9.17) is 15.3 Å². The Morgan fingerprint density at radius 2 is 1.94 bits per heavy atom. The van der Waals surface area contributed by atoms with Crippen LogP contribution in [0.25, 0.3) is 0 Å². The molecule has 1 fully saturated rings. The zero-order valence-electron chi connectivity index (χ0n) is 19.8. The Balaban J connectivity index is 1.59. The molecule has 0 amide bonds. The molecule has 2 aromatic rings. The topological polar surface area (TPSA) is 114 Å². The van der Waals surface area contributed by atoms with E-state index in [0.29, 0.717) is 48.7 Å². The van der Waals surface area contributed by atoms with E-state index < -0.39 is 11.4 Å². The third-order valence-electron chi connectivity index (χ3n) is 6.43. The van der Waals surface area contributed by atoms with Gasteiger partial charge in [-0.25, -0.2) is 4.79 Å². The van der Waals surface area contributed by atoms with Gasteiger partial charge in [0.15, 0.2) is 5.78 Å². The largest absolute Gasteiger partial charge is 0.505 e. The van der Waals surface area contributed by atoms with Crippen LogP contribution < -0.4 is 4.90 Å². The molecular formula is C26H31N3O5. The van der Waals surface area contributed by atoms with Gasteiger partial charge in [0.1, 0.15) is 18.2 Å². The maximum Gasteiger partial charge on any atom is 0.329 e. The number of carbonyl (C=O) groups is 2. The summed E-state index contributed by atoms with van der Waals surface area (Å²) in [6, 6.07) is 11.2. The Labute approximate surface area is 199 Å². The lowest BCUT2D eigenvalue weighted by Gasteiger charge is -2.27. The number of phenolic OH excluding ortho intramolecular Hbond substituents is 1. The molecule has 0 saturated carbocycles. The number of carboxylic acids is 1. The number of benzene rings is 2. The molecule has 1 saturated heterocycles. The minimum atomic E-state index is -1.02. The number of hydrogen-bond donors (Lipinski definition) is 3. The highest BCUT2D eigenvalue weighted by atomic mass is 16.5. The third-order valence-corrected chi connectivity index (χ3v) is 6.43. The van der Waals surface area contributed by atoms with Crippen LogP contribution in [0, 0.1) is 5.41 Å². The van der Waals surface area contributed by atoms with Crippen molar-refractivity contribution in [2.24, 2.45) is 0 Å². The zero-order chi connectivity index (χ0) is 24.6. The smallest absolute Gasteiger partial charge is 0.329 e. The molecular weight excluding hydrogens is 434 g/mol. The molecule has 0 radical (unpaired) electrons. The molecule has 3 N–H and O–H groups in total. The molecule has 34 heavy (non-hydrogen) atoms. The highest BCUT2D eigenvalue weighted by Gasteiger charge is 2.31. The number of rotatable bonds is 7. The summed E-state index contributed by atoms with van der Waals surface area (Å²) in [5, 5.41) is 28.4. The Kier molecular flexibility index (Phi) is 6.36. The normalized spacial score (nSPS) is 17.9. The molecule has 0 aliphatic carbocycles. The van der Waals surface area contributed by atoms with Gasteiger partial charge in [0.05, 0.1) is 18.3 Å². The predicted octanol–water partition coefficient (Wildman–Crippen LogP) is 3.39. The Hall–Kier alpha value is -3.39. The number of amidine groups is 1. The first kappa shape index (κ1) is 23.8.